The summed E-state index contributed by atoms with van der Waals surface area (Å²) in [5, 5.41) is 21.6. The highest BCUT2D eigenvalue weighted by Gasteiger charge is 2.23. The minimum atomic E-state index is -0.909. The highest BCUT2D eigenvalue weighted by atomic mass is 16.6. The van der Waals surface area contributed by atoms with E-state index in [1.165, 1.54) is 11.0 Å². The highest BCUT2D eigenvalue weighted by Crippen LogP contribution is 2.33. The molecule has 1 N–H and O–H groups in total. The Bertz CT molecular complexity index is 739. The summed E-state index contributed by atoms with van der Waals surface area (Å²) in [6.45, 7) is 2.02. The molecule has 2 aromatic carbocycles. The average molecular weight is 301 g/mol. The van der Waals surface area contributed by atoms with Gasteiger partial charge >= 0.3 is 6.09 Å². The quantitative estimate of drug-likeness (QED) is 0.680. The normalized spacial score (nSPS) is 15.1. The highest BCUT2D eigenvalue weighted by molar-refractivity contribution is 6.00. The van der Waals surface area contributed by atoms with Crippen LogP contribution in [0.25, 0.3) is 10.8 Å². The van der Waals surface area contributed by atoms with Gasteiger partial charge in [-0.1, -0.05) is 18.2 Å². The molecule has 0 unspecified atom stereocenters. The van der Waals surface area contributed by atoms with Crippen molar-refractivity contribution in [2.24, 2.45) is 0 Å². The maximum atomic E-state index is 11.1. The number of nitrogens with zero attached hydrogens (tertiary/aromatic N) is 3. The SMILES string of the molecule is O=C(O)N1CCN(c2ccc([N+](=O)[O-])c3ccccc23)CC1. The third-order valence-corrected chi connectivity index (χ3v) is 3.97. The third-order valence-electron chi connectivity index (χ3n) is 3.97. The Morgan fingerprint density at radius 3 is 2.27 bits per heavy atom. The van der Waals surface area contributed by atoms with E-state index in [0.717, 1.165) is 11.1 Å². The molecule has 22 heavy (non-hydrogen) atoms. The van der Waals surface area contributed by atoms with Gasteiger partial charge in [-0.2, -0.15) is 0 Å². The molecule has 1 amide bonds. The Labute approximate surface area is 126 Å². The summed E-state index contributed by atoms with van der Waals surface area (Å²) in [7, 11) is 0. The number of amides is 1. The van der Waals surface area contributed by atoms with E-state index in [1.54, 1.807) is 18.2 Å². The van der Waals surface area contributed by atoms with Gasteiger partial charge in [0.25, 0.3) is 5.69 Å². The second-order valence-electron chi connectivity index (χ2n) is 5.16. The van der Waals surface area contributed by atoms with Crippen LogP contribution >= 0.6 is 0 Å². The van der Waals surface area contributed by atoms with E-state index < -0.39 is 6.09 Å². The predicted octanol–water partition coefficient (Wildman–Crippen LogP) is 2.55. The number of rotatable bonds is 2. The van der Waals surface area contributed by atoms with Crippen LogP contribution in [-0.2, 0) is 0 Å². The molecule has 1 fully saturated rings. The minimum Gasteiger partial charge on any atom is -0.465 e. The molecule has 0 aromatic heterocycles. The molecular formula is C15H15N3O4. The van der Waals surface area contributed by atoms with Crippen molar-refractivity contribution in [3.05, 3.63) is 46.5 Å². The Morgan fingerprint density at radius 1 is 1.05 bits per heavy atom. The van der Waals surface area contributed by atoms with Crippen molar-refractivity contribution in [3.8, 4) is 0 Å². The summed E-state index contributed by atoms with van der Waals surface area (Å²) in [5.41, 5.74) is 0.995. The number of fused-ring (bicyclic) bond motifs is 1. The van der Waals surface area contributed by atoms with Crippen molar-refractivity contribution in [2.45, 2.75) is 0 Å². The second-order valence-corrected chi connectivity index (χ2v) is 5.16. The lowest BCUT2D eigenvalue weighted by Crippen LogP contribution is -2.48. The second kappa shape index (κ2) is 5.51. The molecule has 3 rings (SSSR count). The predicted molar refractivity (Wildman–Crippen MR) is 82.4 cm³/mol. The fourth-order valence-corrected chi connectivity index (χ4v) is 2.84. The van der Waals surface area contributed by atoms with Gasteiger partial charge in [-0.15, -0.1) is 0 Å². The van der Waals surface area contributed by atoms with Crippen LogP contribution in [0, 0.1) is 10.1 Å². The lowest BCUT2D eigenvalue weighted by atomic mass is 10.1. The van der Waals surface area contributed by atoms with Crippen molar-refractivity contribution in [3.63, 3.8) is 0 Å². The first-order chi connectivity index (χ1) is 10.6. The molecule has 0 atom stereocenters. The van der Waals surface area contributed by atoms with Gasteiger partial charge in [0.1, 0.15) is 0 Å². The summed E-state index contributed by atoms with van der Waals surface area (Å²) >= 11 is 0. The van der Waals surface area contributed by atoms with Gasteiger partial charge in [0.2, 0.25) is 0 Å². The Balaban J connectivity index is 1.97. The molecule has 114 valence electrons. The maximum absolute atomic E-state index is 11.1. The molecule has 1 aliphatic rings. The summed E-state index contributed by atoms with van der Waals surface area (Å²) in [6.07, 6.45) is -0.909. The molecule has 2 aromatic rings. The molecule has 1 aliphatic heterocycles. The fraction of sp³-hybridized carbons (Fsp3) is 0.267. The first kappa shape index (κ1) is 14.1. The molecule has 0 bridgehead atoms. The van der Waals surface area contributed by atoms with Gasteiger partial charge in [0.15, 0.2) is 0 Å². The van der Waals surface area contributed by atoms with Gasteiger partial charge < -0.3 is 14.9 Å². The van der Waals surface area contributed by atoms with E-state index in [0.29, 0.717) is 31.6 Å². The molecule has 7 nitrogen and oxygen atoms in total. The van der Waals surface area contributed by atoms with Crippen molar-refractivity contribution in [1.29, 1.82) is 0 Å². The minimum absolute atomic E-state index is 0.0866. The lowest BCUT2D eigenvalue weighted by molar-refractivity contribution is -0.383. The summed E-state index contributed by atoms with van der Waals surface area (Å²) in [6, 6.07) is 10.5. The van der Waals surface area contributed by atoms with Gasteiger partial charge in [-0.25, -0.2) is 4.79 Å². The van der Waals surface area contributed by atoms with E-state index in [4.69, 9.17) is 5.11 Å². The average Bonchev–Trinajstić information content (AvgIpc) is 2.53. The van der Waals surface area contributed by atoms with Crippen molar-refractivity contribution < 1.29 is 14.8 Å². The Kier molecular flexibility index (Phi) is 3.54. The number of piperazine rings is 1. The molecule has 1 heterocycles. The number of nitro groups is 1. The van der Waals surface area contributed by atoms with Crippen LogP contribution in [0.4, 0.5) is 16.2 Å². The molecule has 7 heteroatoms. The number of hydrogen-bond donors (Lipinski definition) is 1. The Hall–Kier alpha value is -2.83. The number of benzene rings is 2. The first-order valence-corrected chi connectivity index (χ1v) is 6.97. The zero-order chi connectivity index (χ0) is 15.7. The van der Waals surface area contributed by atoms with Crippen LogP contribution in [0.15, 0.2) is 36.4 Å². The zero-order valence-electron chi connectivity index (χ0n) is 11.8. The molecule has 0 saturated carbocycles. The third kappa shape index (κ3) is 2.41. The molecule has 0 radical (unpaired) electrons. The van der Waals surface area contributed by atoms with E-state index in [-0.39, 0.29) is 10.6 Å². The van der Waals surface area contributed by atoms with E-state index in [9.17, 15) is 14.9 Å². The van der Waals surface area contributed by atoms with Crippen molar-refractivity contribution in [1.82, 2.24) is 4.90 Å². The van der Waals surface area contributed by atoms with E-state index in [1.807, 2.05) is 12.1 Å². The molecular weight excluding hydrogens is 286 g/mol. The molecule has 1 saturated heterocycles. The maximum Gasteiger partial charge on any atom is 0.407 e. The van der Waals surface area contributed by atoms with Crippen LogP contribution in [0.1, 0.15) is 0 Å². The monoisotopic (exact) mass is 301 g/mol. The smallest absolute Gasteiger partial charge is 0.407 e. The van der Waals surface area contributed by atoms with Gasteiger partial charge in [-0.3, -0.25) is 10.1 Å². The summed E-state index contributed by atoms with van der Waals surface area (Å²) in [4.78, 5) is 25.2. The van der Waals surface area contributed by atoms with E-state index in [2.05, 4.69) is 4.90 Å². The largest absolute Gasteiger partial charge is 0.465 e. The number of nitro benzene ring substituents is 1. The van der Waals surface area contributed by atoms with Crippen LogP contribution in [-0.4, -0.2) is 47.2 Å². The van der Waals surface area contributed by atoms with Crippen LogP contribution in [0.3, 0.4) is 0 Å². The van der Waals surface area contributed by atoms with Crippen molar-refractivity contribution in [2.75, 3.05) is 31.1 Å². The van der Waals surface area contributed by atoms with Crippen LogP contribution in [0.2, 0.25) is 0 Å². The zero-order valence-corrected chi connectivity index (χ0v) is 11.8. The van der Waals surface area contributed by atoms with Gasteiger partial charge in [0.05, 0.1) is 10.3 Å². The van der Waals surface area contributed by atoms with Gasteiger partial charge in [0, 0.05) is 43.3 Å². The molecule has 0 spiro atoms. The van der Waals surface area contributed by atoms with Crippen LogP contribution < -0.4 is 4.90 Å². The number of hydrogen-bond acceptors (Lipinski definition) is 4. The first-order valence-electron chi connectivity index (χ1n) is 6.97. The number of carboxylic acid groups (broad SMARTS) is 1. The number of anilines is 1. The topological polar surface area (TPSA) is 86.9 Å². The van der Waals surface area contributed by atoms with Gasteiger partial charge in [-0.05, 0) is 12.1 Å². The summed E-state index contributed by atoms with van der Waals surface area (Å²) < 4.78 is 0. The van der Waals surface area contributed by atoms with E-state index >= 15 is 0 Å². The van der Waals surface area contributed by atoms with Crippen LogP contribution in [0.5, 0.6) is 0 Å². The number of carbonyl (C=O) groups is 1. The summed E-state index contributed by atoms with van der Waals surface area (Å²) in [5.74, 6) is 0. The lowest BCUT2D eigenvalue weighted by Gasteiger charge is -2.35. The standard InChI is InChI=1S/C15H15N3O4/c19-15(20)17-9-7-16(8-10-17)13-5-6-14(18(21)22)12-4-2-1-3-11(12)13/h1-6H,7-10H2,(H,19,20). The Morgan fingerprint density at radius 2 is 1.68 bits per heavy atom. The fourth-order valence-electron chi connectivity index (χ4n) is 2.84. The number of non-ortho nitro benzene ring substituents is 1. The van der Waals surface area contributed by atoms with Crippen molar-refractivity contribution >= 4 is 28.2 Å². The molecule has 0 aliphatic carbocycles.